The Bertz CT molecular complexity index is 806. The topological polar surface area (TPSA) is 46.2 Å². The first kappa shape index (κ1) is 19.5. The molecular weight excluding hydrogens is 429 g/mol. The van der Waals surface area contributed by atoms with Gasteiger partial charge in [0.1, 0.15) is 0 Å². The molecule has 3 nitrogen and oxygen atoms in total. The van der Waals surface area contributed by atoms with Gasteiger partial charge in [-0.25, -0.2) is 0 Å². The van der Waals surface area contributed by atoms with Crippen molar-refractivity contribution in [2.24, 2.45) is 5.41 Å². The Labute approximate surface area is 156 Å². The molecule has 2 aromatic carbocycles. The normalized spacial score (nSPS) is 13.3. The van der Waals surface area contributed by atoms with E-state index in [1.54, 1.807) is 0 Å². The van der Waals surface area contributed by atoms with Gasteiger partial charge in [-0.2, -0.15) is 0 Å². The minimum absolute atomic E-state index is 0.185. The number of aryl methyl sites for hydroxylation is 2. The summed E-state index contributed by atoms with van der Waals surface area (Å²) in [7, 11) is 0. The van der Waals surface area contributed by atoms with Crippen LogP contribution in [0.5, 0.6) is 0 Å². The van der Waals surface area contributed by atoms with E-state index in [9.17, 15) is 9.59 Å². The van der Waals surface area contributed by atoms with Crippen molar-refractivity contribution in [1.29, 1.82) is 0 Å². The molecule has 24 heavy (non-hydrogen) atoms. The first-order valence-corrected chi connectivity index (χ1v) is 13.0. The summed E-state index contributed by atoms with van der Waals surface area (Å²) in [4.78, 5) is 24.1. The number of benzene rings is 1. The summed E-state index contributed by atoms with van der Waals surface area (Å²) in [6.45, 7) is 11.3. The summed E-state index contributed by atoms with van der Waals surface area (Å²) >= 11 is 2.02. The summed E-state index contributed by atoms with van der Waals surface area (Å²) in [5.41, 5.74) is 5.88. The summed E-state index contributed by atoms with van der Waals surface area (Å²) in [5, 5.41) is 4.29. The third kappa shape index (κ3) is 4.21. The summed E-state index contributed by atoms with van der Waals surface area (Å²) in [6, 6.07) is 4.15. The Morgan fingerprint density at radius 1 is 1.08 bits per heavy atom. The monoisotopic (exact) mass is 453 g/mol. The zero-order valence-electron chi connectivity index (χ0n) is 15.2. The zero-order chi connectivity index (χ0) is 18.2. The molecule has 1 atom stereocenters. The zero-order valence-corrected chi connectivity index (χ0v) is 18.7. The molecule has 0 bridgehead atoms. The van der Waals surface area contributed by atoms with Crippen molar-refractivity contribution >= 4 is 40.6 Å². The predicted molar refractivity (Wildman–Crippen MR) is 108 cm³/mol. The van der Waals surface area contributed by atoms with Crippen molar-refractivity contribution in [2.45, 2.75) is 52.1 Å². The molecular formula is C19H25AsBrNO2. The SMILES string of the molecule is Cc1cc(Br)cc(C)c1CNc1c([As](C)CC(C)(C)C)c(=O)c1=O. The molecule has 0 fully saturated rings. The standard InChI is InChI=1S/C19H25AsBrNO2/c1-11-7-13(21)8-12(2)14(11)9-22-16-15(17(23)18(16)24)20(6)10-19(3,4)5/h7-8,22H,9-10H2,1-6H3. The predicted octanol–water partition coefficient (Wildman–Crippen LogP) is 3.65. The number of anilines is 1. The molecule has 0 aliphatic rings. The maximum atomic E-state index is 12.1. The molecule has 0 amide bonds. The quantitative estimate of drug-likeness (QED) is 0.555. The molecule has 2 aromatic rings. The van der Waals surface area contributed by atoms with E-state index >= 15 is 0 Å². The van der Waals surface area contributed by atoms with Gasteiger partial charge in [0.05, 0.1) is 0 Å². The van der Waals surface area contributed by atoms with E-state index in [1.807, 2.05) is 0 Å². The van der Waals surface area contributed by atoms with Gasteiger partial charge in [-0.1, -0.05) is 0 Å². The van der Waals surface area contributed by atoms with E-state index in [2.05, 4.69) is 73.7 Å². The molecule has 0 heterocycles. The van der Waals surface area contributed by atoms with Gasteiger partial charge in [0.2, 0.25) is 0 Å². The van der Waals surface area contributed by atoms with E-state index in [4.69, 9.17) is 0 Å². The molecule has 0 spiro atoms. The van der Waals surface area contributed by atoms with Crippen molar-refractivity contribution < 1.29 is 0 Å². The molecule has 2 rings (SSSR count). The van der Waals surface area contributed by atoms with Gasteiger partial charge in [0, 0.05) is 0 Å². The summed E-state index contributed by atoms with van der Waals surface area (Å²) in [6.07, 6.45) is 0. The third-order valence-electron chi connectivity index (χ3n) is 4.08. The van der Waals surface area contributed by atoms with Crippen LogP contribution in [0.2, 0.25) is 10.9 Å². The van der Waals surface area contributed by atoms with E-state index in [1.165, 1.54) is 16.7 Å². The molecule has 0 saturated heterocycles. The van der Waals surface area contributed by atoms with Gasteiger partial charge < -0.3 is 0 Å². The molecule has 1 N–H and O–H groups in total. The molecule has 0 radical (unpaired) electrons. The Morgan fingerprint density at radius 2 is 1.62 bits per heavy atom. The van der Waals surface area contributed by atoms with Crippen LogP contribution in [0.4, 0.5) is 5.69 Å². The third-order valence-corrected chi connectivity index (χ3v) is 10.0. The van der Waals surface area contributed by atoms with Crippen molar-refractivity contribution in [3.63, 3.8) is 0 Å². The average Bonchev–Trinajstić information content (AvgIpc) is 2.41. The number of halogens is 1. The second-order valence-electron chi connectivity index (χ2n) is 7.67. The van der Waals surface area contributed by atoms with Crippen LogP contribution in [0, 0.1) is 19.3 Å². The Hall–Kier alpha value is -0.862. The van der Waals surface area contributed by atoms with Crippen molar-refractivity contribution in [3.8, 4) is 0 Å². The maximum absolute atomic E-state index is 12.1. The molecule has 1 unspecified atom stereocenters. The fourth-order valence-electron chi connectivity index (χ4n) is 3.09. The van der Waals surface area contributed by atoms with E-state index in [0.717, 1.165) is 14.0 Å². The van der Waals surface area contributed by atoms with E-state index in [-0.39, 0.29) is 16.3 Å². The van der Waals surface area contributed by atoms with Gasteiger partial charge in [0.15, 0.2) is 0 Å². The summed E-state index contributed by atoms with van der Waals surface area (Å²) in [5.74, 6) is 0. The number of hydrogen-bond acceptors (Lipinski definition) is 3. The van der Waals surface area contributed by atoms with Crippen LogP contribution >= 0.6 is 15.9 Å². The van der Waals surface area contributed by atoms with E-state index in [0.29, 0.717) is 12.2 Å². The fourth-order valence-corrected chi connectivity index (χ4v) is 9.22. The number of rotatable bonds is 5. The number of nitrogens with one attached hydrogen (secondary N) is 1. The Kier molecular flexibility index (Phi) is 5.82. The fraction of sp³-hybridized carbons (Fsp3) is 0.474. The summed E-state index contributed by atoms with van der Waals surface area (Å²) < 4.78 is 1.87. The number of hydrogen-bond donors (Lipinski definition) is 1. The van der Waals surface area contributed by atoms with Crippen molar-refractivity contribution in [3.05, 3.63) is 53.7 Å². The first-order chi connectivity index (χ1) is 11.0. The van der Waals surface area contributed by atoms with Crippen LogP contribution < -0.4 is 20.5 Å². The van der Waals surface area contributed by atoms with Crippen LogP contribution in [0.1, 0.15) is 37.5 Å². The minimum atomic E-state index is -1.48. The molecule has 0 saturated carbocycles. The van der Waals surface area contributed by atoms with Crippen LogP contribution in [-0.2, 0) is 6.54 Å². The molecule has 0 aliphatic carbocycles. The van der Waals surface area contributed by atoms with Crippen LogP contribution in [0.3, 0.4) is 0 Å². The Morgan fingerprint density at radius 3 is 2.12 bits per heavy atom. The van der Waals surface area contributed by atoms with Crippen LogP contribution in [-0.4, -0.2) is 14.7 Å². The molecule has 5 heteroatoms. The first-order valence-electron chi connectivity index (χ1n) is 8.05. The molecule has 0 aliphatic heterocycles. The van der Waals surface area contributed by atoms with Gasteiger partial charge in [-0.05, 0) is 0 Å². The second kappa shape index (κ2) is 7.17. The van der Waals surface area contributed by atoms with Gasteiger partial charge in [-0.3, -0.25) is 0 Å². The molecule has 0 aromatic heterocycles. The van der Waals surface area contributed by atoms with Crippen LogP contribution in [0.25, 0.3) is 0 Å². The van der Waals surface area contributed by atoms with Crippen molar-refractivity contribution in [1.82, 2.24) is 0 Å². The van der Waals surface area contributed by atoms with E-state index < -0.39 is 14.7 Å². The molecule has 130 valence electrons. The van der Waals surface area contributed by atoms with Crippen LogP contribution in [0.15, 0.2) is 26.2 Å². The average molecular weight is 454 g/mol. The van der Waals surface area contributed by atoms with Gasteiger partial charge in [-0.15, -0.1) is 0 Å². The van der Waals surface area contributed by atoms with Gasteiger partial charge in [0.25, 0.3) is 0 Å². The van der Waals surface area contributed by atoms with Crippen molar-refractivity contribution in [2.75, 3.05) is 5.32 Å². The Balaban J connectivity index is 2.22. The van der Waals surface area contributed by atoms with Gasteiger partial charge >= 0.3 is 157 Å². The second-order valence-corrected chi connectivity index (χ2v) is 13.1.